The zero-order valence-electron chi connectivity index (χ0n) is 20.9. The Balaban J connectivity index is 1.43. The fourth-order valence-electron chi connectivity index (χ4n) is 7.11. The van der Waals surface area contributed by atoms with Crippen LogP contribution >= 0.6 is 0 Å². The van der Waals surface area contributed by atoms with Gasteiger partial charge >= 0.3 is 0 Å². The summed E-state index contributed by atoms with van der Waals surface area (Å²) in [5.41, 5.74) is 11.3. The average Bonchev–Trinajstić information content (AvgIpc) is 3.54. The molecule has 0 saturated heterocycles. The fraction of sp³-hybridized carbons (Fsp3) is 0.114. The van der Waals surface area contributed by atoms with Crippen molar-refractivity contribution in [3.63, 3.8) is 0 Å². The van der Waals surface area contributed by atoms with Gasteiger partial charge in [-0.05, 0) is 78.1 Å². The lowest BCUT2D eigenvalue weighted by Crippen LogP contribution is -2.16. The van der Waals surface area contributed by atoms with E-state index in [1.807, 2.05) is 0 Å². The first-order valence-corrected chi connectivity index (χ1v) is 13.6. The Morgan fingerprint density at radius 2 is 1.50 bits per heavy atom. The van der Waals surface area contributed by atoms with Crippen molar-refractivity contribution in [1.82, 2.24) is 14.0 Å². The number of benzene rings is 4. The molecule has 1 unspecified atom stereocenters. The lowest BCUT2D eigenvalue weighted by atomic mass is 9.78. The van der Waals surface area contributed by atoms with Crippen molar-refractivity contribution >= 4 is 54.8 Å². The summed E-state index contributed by atoms with van der Waals surface area (Å²) in [4.78, 5) is 5.05. The van der Waals surface area contributed by atoms with Crippen LogP contribution in [0.4, 0.5) is 0 Å². The van der Waals surface area contributed by atoms with E-state index in [1.54, 1.807) is 0 Å². The fourth-order valence-corrected chi connectivity index (χ4v) is 7.11. The van der Waals surface area contributed by atoms with E-state index < -0.39 is 0 Å². The minimum Gasteiger partial charge on any atom is -0.309 e. The Kier molecular flexibility index (Phi) is 4.01. The van der Waals surface area contributed by atoms with E-state index in [-0.39, 0.29) is 0 Å². The van der Waals surface area contributed by atoms with E-state index in [0.717, 1.165) is 29.5 Å². The highest BCUT2D eigenvalue weighted by atomic mass is 15.0. The maximum atomic E-state index is 5.05. The van der Waals surface area contributed by atoms with Crippen LogP contribution in [0, 0.1) is 5.92 Å². The second-order valence-corrected chi connectivity index (χ2v) is 10.7. The molecule has 1 atom stereocenters. The van der Waals surface area contributed by atoms with Crippen molar-refractivity contribution in [2.24, 2.45) is 5.92 Å². The molecule has 0 saturated carbocycles. The number of hydrogen-bond donors (Lipinski definition) is 0. The molecule has 0 bridgehead atoms. The van der Waals surface area contributed by atoms with Crippen LogP contribution in [0.2, 0.25) is 0 Å². The first-order chi connectivity index (χ1) is 18.9. The summed E-state index contributed by atoms with van der Waals surface area (Å²) >= 11 is 0. The van der Waals surface area contributed by atoms with Crippen LogP contribution in [-0.4, -0.2) is 14.0 Å². The Morgan fingerprint density at radius 3 is 2.42 bits per heavy atom. The number of rotatable bonds is 1. The number of hydrogen-bond acceptors (Lipinski definition) is 1. The molecule has 0 amide bonds. The Morgan fingerprint density at radius 1 is 0.711 bits per heavy atom. The zero-order valence-corrected chi connectivity index (χ0v) is 20.9. The van der Waals surface area contributed by atoms with Gasteiger partial charge in [0.25, 0.3) is 0 Å². The lowest BCUT2D eigenvalue weighted by molar-refractivity contribution is 0.590. The van der Waals surface area contributed by atoms with Crippen molar-refractivity contribution in [2.75, 3.05) is 0 Å². The predicted molar refractivity (Wildman–Crippen MR) is 158 cm³/mol. The van der Waals surface area contributed by atoms with Gasteiger partial charge in [0.05, 0.1) is 27.8 Å². The van der Waals surface area contributed by atoms with E-state index in [2.05, 4.69) is 118 Å². The number of para-hydroxylation sites is 3. The zero-order chi connectivity index (χ0) is 24.8. The molecule has 38 heavy (non-hydrogen) atoms. The molecule has 9 rings (SSSR count). The summed E-state index contributed by atoms with van der Waals surface area (Å²) in [6.45, 7) is 0. The third-order valence-electron chi connectivity index (χ3n) is 8.77. The Bertz CT molecular complexity index is 2170. The van der Waals surface area contributed by atoms with Crippen LogP contribution in [0.25, 0.3) is 60.5 Å². The highest BCUT2D eigenvalue weighted by Crippen LogP contribution is 2.45. The molecule has 2 aliphatic carbocycles. The van der Waals surface area contributed by atoms with Gasteiger partial charge in [-0.2, -0.15) is 0 Å². The van der Waals surface area contributed by atoms with Crippen LogP contribution < -0.4 is 0 Å². The minimum atomic E-state index is 0.605. The minimum absolute atomic E-state index is 0.605. The number of nitrogens with zero attached hydrogens (tertiary/aromatic N) is 3. The number of allylic oxidation sites excluding steroid dienone is 4. The lowest BCUT2D eigenvalue weighted by Gasteiger charge is -2.29. The topological polar surface area (TPSA) is 22.2 Å². The molecule has 180 valence electrons. The number of fused-ring (bicyclic) bond motifs is 13. The molecule has 0 spiro atoms. The first-order valence-electron chi connectivity index (χ1n) is 13.6. The smallest absolute Gasteiger partial charge is 0.146 e. The average molecular weight is 488 g/mol. The van der Waals surface area contributed by atoms with Crippen LogP contribution in [0.5, 0.6) is 0 Å². The molecular formula is C35H25N3. The van der Waals surface area contributed by atoms with Gasteiger partial charge in [-0.3, -0.25) is 4.40 Å². The van der Waals surface area contributed by atoms with Crippen molar-refractivity contribution in [3.05, 3.63) is 120 Å². The number of pyridine rings is 1. The molecule has 0 aliphatic heterocycles. The normalized spacial score (nSPS) is 16.9. The third-order valence-corrected chi connectivity index (χ3v) is 8.77. The van der Waals surface area contributed by atoms with Crippen molar-refractivity contribution in [3.8, 4) is 5.69 Å². The number of aryl methyl sites for hydroxylation is 1. The van der Waals surface area contributed by atoms with Gasteiger partial charge in [0.1, 0.15) is 5.65 Å². The molecule has 0 fully saturated rings. The first kappa shape index (κ1) is 20.4. The Labute approximate surface area is 220 Å². The molecule has 2 aliphatic rings. The summed E-state index contributed by atoms with van der Waals surface area (Å²) in [5.74, 6) is 0.605. The molecule has 3 nitrogen and oxygen atoms in total. The molecule has 0 N–H and O–H groups in total. The summed E-state index contributed by atoms with van der Waals surface area (Å²) in [5, 5.41) is 5.07. The van der Waals surface area contributed by atoms with E-state index in [9.17, 15) is 0 Å². The number of aromatic nitrogens is 3. The van der Waals surface area contributed by atoms with Crippen LogP contribution in [0.15, 0.2) is 109 Å². The third kappa shape index (κ3) is 2.61. The molecule has 3 aromatic heterocycles. The standard InChI is InChI=1S/C35H25N3/c1-2-10-24-22(9-1)17-19-27-26-12-5-7-15-31(26)37(34(24)27)23-18-20-32-29(21-23)25-11-3-4-13-28(25)35-36-30-14-6-8-16-33(30)38(32)35/h1-8,10-16,18,20-22H,9,17,19H2. The summed E-state index contributed by atoms with van der Waals surface area (Å²) in [7, 11) is 0. The van der Waals surface area contributed by atoms with E-state index in [1.165, 1.54) is 61.5 Å². The number of imidazole rings is 1. The maximum Gasteiger partial charge on any atom is 0.146 e. The molecule has 0 radical (unpaired) electrons. The van der Waals surface area contributed by atoms with E-state index >= 15 is 0 Å². The molecular weight excluding hydrogens is 462 g/mol. The molecule has 3 heteroatoms. The van der Waals surface area contributed by atoms with Crippen molar-refractivity contribution in [2.45, 2.75) is 19.3 Å². The SMILES string of the molecule is C1=CCC2CCc3c(n(-c4ccc5c(c4)c4ccccc4c4nc6ccccc6n54)c4ccccc34)C2=C1. The molecule has 4 aromatic carbocycles. The largest absolute Gasteiger partial charge is 0.309 e. The molecule has 3 heterocycles. The summed E-state index contributed by atoms with van der Waals surface area (Å²) in [6, 6.07) is 33.1. The summed E-state index contributed by atoms with van der Waals surface area (Å²) in [6.07, 6.45) is 10.4. The van der Waals surface area contributed by atoms with Crippen molar-refractivity contribution < 1.29 is 0 Å². The van der Waals surface area contributed by atoms with Gasteiger partial charge in [0, 0.05) is 21.8 Å². The van der Waals surface area contributed by atoms with Gasteiger partial charge in [-0.25, -0.2) is 4.98 Å². The second-order valence-electron chi connectivity index (χ2n) is 10.7. The van der Waals surface area contributed by atoms with Crippen LogP contribution in [0.1, 0.15) is 24.1 Å². The highest BCUT2D eigenvalue weighted by molar-refractivity contribution is 6.14. The van der Waals surface area contributed by atoms with Gasteiger partial charge in [0.15, 0.2) is 0 Å². The maximum absolute atomic E-state index is 5.05. The van der Waals surface area contributed by atoms with Gasteiger partial charge < -0.3 is 4.57 Å². The van der Waals surface area contributed by atoms with Gasteiger partial charge in [0.2, 0.25) is 0 Å². The predicted octanol–water partition coefficient (Wildman–Crippen LogP) is 8.64. The Hall–Kier alpha value is -4.63. The van der Waals surface area contributed by atoms with Crippen molar-refractivity contribution in [1.29, 1.82) is 0 Å². The summed E-state index contributed by atoms with van der Waals surface area (Å²) < 4.78 is 4.87. The van der Waals surface area contributed by atoms with E-state index in [0.29, 0.717) is 5.92 Å². The van der Waals surface area contributed by atoms with E-state index in [4.69, 9.17) is 4.98 Å². The quantitative estimate of drug-likeness (QED) is 0.212. The van der Waals surface area contributed by atoms with Gasteiger partial charge in [-0.1, -0.05) is 72.8 Å². The molecule has 7 aromatic rings. The van der Waals surface area contributed by atoms with Gasteiger partial charge in [-0.15, -0.1) is 0 Å². The highest BCUT2D eigenvalue weighted by Gasteiger charge is 2.30. The van der Waals surface area contributed by atoms with Crippen LogP contribution in [-0.2, 0) is 6.42 Å². The monoisotopic (exact) mass is 487 g/mol. The second kappa shape index (κ2) is 7.45. The van der Waals surface area contributed by atoms with Crippen LogP contribution in [0.3, 0.4) is 0 Å².